The van der Waals surface area contributed by atoms with Crippen LogP contribution in [0.25, 0.3) is 0 Å². The Hall–Kier alpha value is -2.18. The van der Waals surface area contributed by atoms with E-state index in [2.05, 4.69) is 4.98 Å². The normalized spacial score (nSPS) is 25.1. The molecule has 1 saturated heterocycles. The molecule has 0 bridgehead atoms. The van der Waals surface area contributed by atoms with Crippen molar-refractivity contribution in [3.63, 3.8) is 0 Å². The van der Waals surface area contributed by atoms with Gasteiger partial charge in [-0.3, -0.25) is 14.3 Å². The van der Waals surface area contributed by atoms with E-state index in [4.69, 9.17) is 4.74 Å². The van der Waals surface area contributed by atoms with Crippen molar-refractivity contribution >= 4 is 0 Å². The van der Waals surface area contributed by atoms with E-state index in [1.165, 1.54) is 16.8 Å². The fraction of sp³-hybridized carbons (Fsp3) is 0.286. The fourth-order valence-corrected chi connectivity index (χ4v) is 2.59. The molecule has 0 amide bonds. The molecule has 2 atom stereocenters. The van der Waals surface area contributed by atoms with Gasteiger partial charge in [-0.15, -0.1) is 0 Å². The maximum atomic E-state index is 11.9. The van der Waals surface area contributed by atoms with Gasteiger partial charge in [0, 0.05) is 12.3 Å². The Morgan fingerprint density at radius 2 is 2.05 bits per heavy atom. The second-order valence-electron chi connectivity index (χ2n) is 4.76. The summed E-state index contributed by atoms with van der Waals surface area (Å²) in [5.41, 5.74) is -1.24. The van der Waals surface area contributed by atoms with E-state index in [0.29, 0.717) is 6.61 Å². The van der Waals surface area contributed by atoms with Crippen molar-refractivity contribution in [2.45, 2.75) is 11.6 Å². The quantitative estimate of drug-likeness (QED) is 0.825. The predicted octanol–water partition coefficient (Wildman–Crippen LogP) is -0.00430. The molecule has 20 heavy (non-hydrogen) atoms. The van der Waals surface area contributed by atoms with E-state index in [0.717, 1.165) is 5.56 Å². The van der Waals surface area contributed by atoms with Crippen molar-refractivity contribution in [3.8, 4) is 0 Å². The largest absolute Gasteiger partial charge is 0.391 e. The molecule has 6 nitrogen and oxygen atoms in total. The molecule has 2 heterocycles. The highest BCUT2D eigenvalue weighted by Gasteiger charge is 2.51. The molecule has 1 aromatic carbocycles. The maximum Gasteiger partial charge on any atom is 0.330 e. The highest BCUT2D eigenvalue weighted by molar-refractivity contribution is 5.25. The summed E-state index contributed by atoms with van der Waals surface area (Å²) in [6, 6.07) is 10.8. The predicted molar refractivity (Wildman–Crippen MR) is 71.5 cm³/mol. The van der Waals surface area contributed by atoms with Crippen LogP contribution < -0.4 is 11.2 Å². The molecule has 6 heteroatoms. The van der Waals surface area contributed by atoms with Crippen LogP contribution in [0.3, 0.4) is 0 Å². The number of aliphatic hydroxyl groups excluding tert-OH is 1. The highest BCUT2D eigenvalue weighted by atomic mass is 16.6. The first-order valence-electron chi connectivity index (χ1n) is 6.29. The van der Waals surface area contributed by atoms with E-state index in [1.54, 1.807) is 0 Å². The number of nitrogens with one attached hydrogen (secondary N) is 1. The molecule has 0 saturated carbocycles. The molecule has 0 unspecified atom stereocenters. The zero-order chi connectivity index (χ0) is 14.2. The molecule has 0 aliphatic carbocycles. The Morgan fingerprint density at radius 1 is 1.30 bits per heavy atom. The summed E-state index contributed by atoms with van der Waals surface area (Å²) in [7, 11) is 0. The Morgan fingerprint density at radius 3 is 2.60 bits per heavy atom. The Bertz CT molecular complexity index is 718. The summed E-state index contributed by atoms with van der Waals surface area (Å²) in [6.07, 6.45) is 1.35. The number of nitrogens with zero attached hydrogens (tertiary/aromatic N) is 1. The van der Waals surface area contributed by atoms with Gasteiger partial charge >= 0.3 is 5.69 Å². The van der Waals surface area contributed by atoms with E-state index in [1.807, 2.05) is 30.3 Å². The molecule has 1 fully saturated rings. The Labute approximate surface area is 114 Å². The number of rotatable bonds is 3. The standard InChI is InChI=1S/C14H14N2O4/c17-9-14(16-7-6-12(18)15-13(16)19)11(8-20-14)10-4-2-1-3-5-10/h1-7,11,17H,8-9H2,(H,15,18,19)/t11-,14+/m1/s1. The smallest absolute Gasteiger partial charge is 0.330 e. The van der Waals surface area contributed by atoms with Gasteiger partial charge < -0.3 is 9.84 Å². The first kappa shape index (κ1) is 12.8. The number of hydrogen-bond acceptors (Lipinski definition) is 4. The van der Waals surface area contributed by atoms with Crippen molar-refractivity contribution < 1.29 is 9.84 Å². The van der Waals surface area contributed by atoms with Gasteiger partial charge in [0.05, 0.1) is 19.1 Å². The lowest BCUT2D eigenvalue weighted by Crippen LogP contribution is -2.60. The van der Waals surface area contributed by atoms with Crippen LogP contribution in [0.1, 0.15) is 11.5 Å². The molecular weight excluding hydrogens is 260 g/mol. The summed E-state index contributed by atoms with van der Waals surface area (Å²) in [6.45, 7) is 0.0641. The van der Waals surface area contributed by atoms with E-state index >= 15 is 0 Å². The van der Waals surface area contributed by atoms with Gasteiger partial charge in [0.15, 0.2) is 5.72 Å². The Kier molecular flexibility index (Phi) is 3.04. The van der Waals surface area contributed by atoms with Gasteiger partial charge in [-0.2, -0.15) is 0 Å². The fourth-order valence-electron chi connectivity index (χ4n) is 2.59. The number of ether oxygens (including phenoxy) is 1. The minimum atomic E-state index is -1.15. The third-order valence-electron chi connectivity index (χ3n) is 3.70. The molecule has 0 radical (unpaired) electrons. The number of aromatic nitrogens is 2. The van der Waals surface area contributed by atoms with Crippen LogP contribution >= 0.6 is 0 Å². The second-order valence-corrected chi connectivity index (χ2v) is 4.76. The molecule has 2 N–H and O–H groups in total. The van der Waals surface area contributed by atoms with Crippen molar-refractivity contribution in [2.75, 3.05) is 13.2 Å². The third kappa shape index (κ3) is 1.81. The minimum Gasteiger partial charge on any atom is -0.391 e. The van der Waals surface area contributed by atoms with Crippen LogP contribution in [-0.4, -0.2) is 27.9 Å². The summed E-state index contributed by atoms with van der Waals surface area (Å²) >= 11 is 0. The number of benzene rings is 1. The van der Waals surface area contributed by atoms with Crippen molar-refractivity contribution in [1.29, 1.82) is 0 Å². The number of hydrogen-bond donors (Lipinski definition) is 2. The zero-order valence-electron chi connectivity index (χ0n) is 10.7. The molecular formula is C14H14N2O4. The maximum absolute atomic E-state index is 11.9. The first-order valence-corrected chi connectivity index (χ1v) is 6.29. The van der Waals surface area contributed by atoms with Gasteiger partial charge in [0.25, 0.3) is 5.56 Å². The molecule has 0 spiro atoms. The monoisotopic (exact) mass is 274 g/mol. The topological polar surface area (TPSA) is 84.3 Å². The summed E-state index contributed by atoms with van der Waals surface area (Å²) < 4.78 is 6.78. The van der Waals surface area contributed by atoms with Crippen molar-refractivity contribution in [1.82, 2.24) is 9.55 Å². The average molecular weight is 274 g/mol. The van der Waals surface area contributed by atoms with E-state index in [9.17, 15) is 14.7 Å². The van der Waals surface area contributed by atoms with Gasteiger partial charge in [0.2, 0.25) is 0 Å². The van der Waals surface area contributed by atoms with Crippen LogP contribution in [0.4, 0.5) is 0 Å². The van der Waals surface area contributed by atoms with E-state index < -0.39 is 17.0 Å². The zero-order valence-corrected chi connectivity index (χ0v) is 10.7. The molecule has 1 aliphatic rings. The SMILES string of the molecule is O=c1ccn([C@@]2(CO)OC[C@@H]2c2ccccc2)c(=O)[nH]1. The second kappa shape index (κ2) is 4.73. The van der Waals surface area contributed by atoms with Gasteiger partial charge in [-0.05, 0) is 5.56 Å². The van der Waals surface area contributed by atoms with Gasteiger partial charge in [-0.1, -0.05) is 30.3 Å². The number of aromatic amines is 1. The lowest BCUT2D eigenvalue weighted by atomic mass is 9.84. The summed E-state index contributed by atoms with van der Waals surface area (Å²) in [4.78, 5) is 25.3. The van der Waals surface area contributed by atoms with Crippen LogP contribution in [0.2, 0.25) is 0 Å². The summed E-state index contributed by atoms with van der Waals surface area (Å²) in [5.74, 6) is -0.141. The van der Waals surface area contributed by atoms with Crippen molar-refractivity contribution in [3.05, 3.63) is 69.0 Å². The molecule has 104 valence electrons. The summed E-state index contributed by atoms with van der Waals surface area (Å²) in [5, 5.41) is 9.74. The van der Waals surface area contributed by atoms with Crippen LogP contribution in [-0.2, 0) is 10.5 Å². The lowest BCUT2D eigenvalue weighted by molar-refractivity contribution is -0.248. The first-order chi connectivity index (χ1) is 9.67. The van der Waals surface area contributed by atoms with Crippen LogP contribution in [0, 0.1) is 0 Å². The van der Waals surface area contributed by atoms with Crippen LogP contribution in [0.15, 0.2) is 52.2 Å². The van der Waals surface area contributed by atoms with Crippen LogP contribution in [0.5, 0.6) is 0 Å². The third-order valence-corrected chi connectivity index (χ3v) is 3.70. The van der Waals surface area contributed by atoms with E-state index in [-0.39, 0.29) is 12.5 Å². The molecule has 1 aliphatic heterocycles. The van der Waals surface area contributed by atoms with Gasteiger partial charge in [-0.25, -0.2) is 4.79 Å². The molecule has 2 aromatic rings. The van der Waals surface area contributed by atoms with Gasteiger partial charge in [0.1, 0.15) is 0 Å². The lowest BCUT2D eigenvalue weighted by Gasteiger charge is -2.48. The average Bonchev–Trinajstić information content (AvgIpc) is 2.42. The Balaban J connectivity index is 2.08. The highest BCUT2D eigenvalue weighted by Crippen LogP contribution is 2.43. The van der Waals surface area contributed by atoms with Crippen molar-refractivity contribution in [2.24, 2.45) is 0 Å². The number of H-pyrrole nitrogens is 1. The minimum absolute atomic E-state index is 0.141. The molecule has 3 rings (SSSR count). The number of aliphatic hydroxyl groups is 1. The molecule has 1 aromatic heterocycles.